The molecule has 26 heavy (non-hydrogen) atoms. The monoisotopic (exact) mass is 375 g/mol. The van der Waals surface area contributed by atoms with Gasteiger partial charge in [-0.2, -0.15) is 11.3 Å². The molecule has 1 saturated heterocycles. The van der Waals surface area contributed by atoms with E-state index in [4.69, 9.17) is 0 Å². The van der Waals surface area contributed by atoms with E-state index >= 15 is 0 Å². The van der Waals surface area contributed by atoms with Gasteiger partial charge in [0.2, 0.25) is 0 Å². The van der Waals surface area contributed by atoms with Crippen molar-refractivity contribution in [2.24, 2.45) is 0 Å². The van der Waals surface area contributed by atoms with E-state index in [1.807, 2.05) is 5.38 Å². The normalized spacial score (nSPS) is 15.6. The van der Waals surface area contributed by atoms with Gasteiger partial charge in [0.1, 0.15) is 5.82 Å². The van der Waals surface area contributed by atoms with Crippen molar-refractivity contribution in [2.75, 3.05) is 19.6 Å². The Morgan fingerprint density at radius 1 is 1.08 bits per heavy atom. The van der Waals surface area contributed by atoms with Gasteiger partial charge in [-0.25, -0.2) is 4.39 Å². The average molecular weight is 375 g/mol. The Labute approximate surface area is 156 Å². The Bertz CT molecular complexity index is 728. The van der Waals surface area contributed by atoms with Crippen LogP contribution in [-0.4, -0.2) is 36.3 Å². The number of carbonyl (C=O) groups excluding carboxylic acids is 2. The van der Waals surface area contributed by atoms with Gasteiger partial charge in [0, 0.05) is 13.1 Å². The Morgan fingerprint density at radius 2 is 1.77 bits per heavy atom. The molecule has 1 fully saturated rings. The summed E-state index contributed by atoms with van der Waals surface area (Å²) in [6.07, 6.45) is 2.32. The number of likely N-dealkylation sites (tertiary alicyclic amines) is 1. The molecule has 2 aromatic rings. The van der Waals surface area contributed by atoms with Crippen molar-refractivity contribution in [3.63, 3.8) is 0 Å². The van der Waals surface area contributed by atoms with Gasteiger partial charge >= 0.3 is 11.8 Å². The second-order valence-electron chi connectivity index (χ2n) is 6.33. The van der Waals surface area contributed by atoms with Crippen molar-refractivity contribution in [1.29, 1.82) is 0 Å². The maximum absolute atomic E-state index is 12.9. The lowest BCUT2D eigenvalue weighted by Crippen LogP contribution is -2.43. The van der Waals surface area contributed by atoms with Crippen LogP contribution in [0.25, 0.3) is 0 Å². The molecule has 7 heteroatoms. The summed E-state index contributed by atoms with van der Waals surface area (Å²) in [4.78, 5) is 26.4. The van der Waals surface area contributed by atoms with Crippen LogP contribution < -0.4 is 10.6 Å². The third-order valence-electron chi connectivity index (χ3n) is 4.54. The molecular weight excluding hydrogens is 353 g/mol. The van der Waals surface area contributed by atoms with Crippen molar-refractivity contribution in [3.05, 3.63) is 58.0 Å². The van der Waals surface area contributed by atoms with Crippen molar-refractivity contribution >= 4 is 23.2 Å². The molecule has 2 N–H and O–H groups in total. The summed E-state index contributed by atoms with van der Waals surface area (Å²) < 4.78 is 12.9. The van der Waals surface area contributed by atoms with Crippen LogP contribution >= 0.6 is 11.3 Å². The van der Waals surface area contributed by atoms with E-state index in [0.29, 0.717) is 6.54 Å². The number of halogens is 1. The molecule has 0 saturated carbocycles. The number of amides is 2. The van der Waals surface area contributed by atoms with Crippen LogP contribution in [0.4, 0.5) is 4.39 Å². The first-order valence-corrected chi connectivity index (χ1v) is 9.64. The molecule has 1 aromatic carbocycles. The Hall–Kier alpha value is -2.25. The summed E-state index contributed by atoms with van der Waals surface area (Å²) in [7, 11) is 0. The molecule has 1 aromatic heterocycles. The van der Waals surface area contributed by atoms with Crippen molar-refractivity contribution < 1.29 is 14.0 Å². The highest BCUT2D eigenvalue weighted by atomic mass is 32.1. The lowest BCUT2D eigenvalue weighted by atomic mass is 10.1. The first kappa shape index (κ1) is 18.5. The predicted octanol–water partition coefficient (Wildman–Crippen LogP) is 2.46. The van der Waals surface area contributed by atoms with Gasteiger partial charge in [-0.1, -0.05) is 12.1 Å². The molecule has 2 amide bonds. The average Bonchev–Trinajstić information content (AvgIpc) is 3.35. The van der Waals surface area contributed by atoms with E-state index in [0.717, 1.165) is 31.5 Å². The van der Waals surface area contributed by atoms with Gasteiger partial charge in [0.05, 0.1) is 6.04 Å². The summed E-state index contributed by atoms with van der Waals surface area (Å²) in [5, 5.41) is 9.42. The van der Waals surface area contributed by atoms with Crippen LogP contribution in [0.3, 0.4) is 0 Å². The fourth-order valence-electron chi connectivity index (χ4n) is 3.11. The Morgan fingerprint density at radius 3 is 2.42 bits per heavy atom. The fourth-order valence-corrected chi connectivity index (χ4v) is 3.82. The van der Waals surface area contributed by atoms with E-state index in [-0.39, 0.29) is 18.4 Å². The van der Waals surface area contributed by atoms with Gasteiger partial charge < -0.3 is 10.6 Å². The lowest BCUT2D eigenvalue weighted by Gasteiger charge is -2.27. The molecule has 1 aliphatic rings. The number of nitrogens with one attached hydrogen (secondary N) is 2. The Balaban J connectivity index is 1.51. The molecule has 2 heterocycles. The zero-order valence-corrected chi connectivity index (χ0v) is 15.2. The van der Waals surface area contributed by atoms with E-state index in [1.165, 1.54) is 17.7 Å². The molecular formula is C19H22FN3O2S. The molecule has 5 nitrogen and oxygen atoms in total. The maximum atomic E-state index is 12.9. The minimum absolute atomic E-state index is 0.0950. The molecule has 1 aliphatic heterocycles. The van der Waals surface area contributed by atoms with Crippen LogP contribution in [0.15, 0.2) is 41.1 Å². The van der Waals surface area contributed by atoms with Crippen LogP contribution in [0, 0.1) is 5.82 Å². The van der Waals surface area contributed by atoms with Crippen molar-refractivity contribution in [2.45, 2.75) is 25.4 Å². The smallest absolute Gasteiger partial charge is 0.309 e. The largest absolute Gasteiger partial charge is 0.346 e. The standard InChI is InChI=1S/C19H22FN3O2S/c20-16-5-3-14(4-6-16)11-21-18(24)19(25)22-12-17(15-7-10-26-13-15)23-8-1-2-9-23/h3-7,10,13,17H,1-2,8-9,11-12H2,(H,21,24)(H,22,25)/t17-/m0/s1. The molecule has 0 unspecified atom stereocenters. The molecule has 0 bridgehead atoms. The van der Waals surface area contributed by atoms with E-state index in [9.17, 15) is 14.0 Å². The number of nitrogens with zero attached hydrogens (tertiary/aromatic N) is 1. The zero-order chi connectivity index (χ0) is 18.4. The quantitative estimate of drug-likeness (QED) is 0.763. The van der Waals surface area contributed by atoms with Gasteiger partial charge in [-0.05, 0) is 66.0 Å². The van der Waals surface area contributed by atoms with Crippen LogP contribution in [0.5, 0.6) is 0 Å². The third-order valence-corrected chi connectivity index (χ3v) is 5.24. The number of hydrogen-bond donors (Lipinski definition) is 2. The zero-order valence-electron chi connectivity index (χ0n) is 14.4. The predicted molar refractivity (Wildman–Crippen MR) is 99.1 cm³/mol. The van der Waals surface area contributed by atoms with Crippen molar-refractivity contribution in [1.82, 2.24) is 15.5 Å². The molecule has 1 atom stereocenters. The number of carbonyl (C=O) groups is 2. The molecule has 0 radical (unpaired) electrons. The molecule has 0 spiro atoms. The number of thiophene rings is 1. The van der Waals surface area contributed by atoms with E-state index in [2.05, 4.69) is 27.0 Å². The second-order valence-corrected chi connectivity index (χ2v) is 7.11. The summed E-state index contributed by atoms with van der Waals surface area (Å²) in [5.74, 6) is -1.66. The summed E-state index contributed by atoms with van der Waals surface area (Å²) in [6, 6.07) is 7.96. The fraction of sp³-hybridized carbons (Fsp3) is 0.368. The molecule has 3 rings (SSSR count). The van der Waals surface area contributed by atoms with Gasteiger partial charge in [-0.15, -0.1) is 0 Å². The number of hydrogen-bond acceptors (Lipinski definition) is 4. The highest BCUT2D eigenvalue weighted by molar-refractivity contribution is 7.07. The lowest BCUT2D eigenvalue weighted by molar-refractivity contribution is -0.139. The number of rotatable bonds is 6. The maximum Gasteiger partial charge on any atom is 0.309 e. The Kier molecular flexibility index (Phi) is 6.35. The topological polar surface area (TPSA) is 61.4 Å². The second kappa shape index (κ2) is 8.91. The molecule has 138 valence electrons. The summed E-state index contributed by atoms with van der Waals surface area (Å²) in [6.45, 7) is 2.60. The van der Waals surface area contributed by atoms with E-state index < -0.39 is 11.8 Å². The van der Waals surface area contributed by atoms with Crippen LogP contribution in [-0.2, 0) is 16.1 Å². The SMILES string of the molecule is O=C(NCc1ccc(F)cc1)C(=O)NC[C@@H](c1ccsc1)N1CCCC1. The first-order valence-electron chi connectivity index (χ1n) is 8.70. The van der Waals surface area contributed by atoms with Gasteiger partial charge in [-0.3, -0.25) is 14.5 Å². The summed E-state index contributed by atoms with van der Waals surface area (Å²) >= 11 is 1.63. The first-order chi connectivity index (χ1) is 12.6. The minimum atomic E-state index is -0.681. The number of benzene rings is 1. The molecule has 0 aliphatic carbocycles. The highest BCUT2D eigenvalue weighted by Gasteiger charge is 2.25. The van der Waals surface area contributed by atoms with Gasteiger partial charge in [0.15, 0.2) is 0 Å². The summed E-state index contributed by atoms with van der Waals surface area (Å²) in [5.41, 5.74) is 1.91. The van der Waals surface area contributed by atoms with Crippen LogP contribution in [0.2, 0.25) is 0 Å². The third kappa shape index (κ3) is 4.89. The van der Waals surface area contributed by atoms with Crippen LogP contribution in [0.1, 0.15) is 30.0 Å². The highest BCUT2D eigenvalue weighted by Crippen LogP contribution is 2.26. The van der Waals surface area contributed by atoms with E-state index in [1.54, 1.807) is 23.5 Å². The van der Waals surface area contributed by atoms with Crippen molar-refractivity contribution in [3.8, 4) is 0 Å². The van der Waals surface area contributed by atoms with Gasteiger partial charge in [0.25, 0.3) is 0 Å². The minimum Gasteiger partial charge on any atom is -0.346 e.